The maximum Gasteiger partial charge on any atom is 0.535 e. The average molecular weight is 386 g/mol. The van der Waals surface area contributed by atoms with Gasteiger partial charge in [0, 0.05) is 0 Å². The first-order chi connectivity index (χ1) is 11.0. The van der Waals surface area contributed by atoms with Gasteiger partial charge in [-0.05, 0) is 38.2 Å². The van der Waals surface area contributed by atoms with Gasteiger partial charge in [0.25, 0.3) is 0 Å². The Balaban J connectivity index is 4.27. The monoisotopic (exact) mass is 386 g/mol. The van der Waals surface area contributed by atoms with E-state index in [1.165, 1.54) is 6.08 Å². The zero-order valence-electron chi connectivity index (χ0n) is 14.2. The van der Waals surface area contributed by atoms with E-state index in [-0.39, 0.29) is 12.0 Å². The molecule has 0 bridgehead atoms. The van der Waals surface area contributed by atoms with Gasteiger partial charge in [0.05, 0.1) is 12.4 Å². The van der Waals surface area contributed by atoms with Gasteiger partial charge in [-0.15, -0.1) is 0 Å². The molecule has 0 aromatic carbocycles. The van der Waals surface area contributed by atoms with Gasteiger partial charge >= 0.3 is 15.6 Å². The number of unbranched alkanes of at least 4 members (excludes halogenated alkanes) is 1. The Morgan fingerprint density at radius 2 is 1.83 bits per heavy atom. The summed E-state index contributed by atoms with van der Waals surface area (Å²) in [6.07, 6.45) is 8.14. The Morgan fingerprint density at radius 3 is 2.38 bits per heavy atom. The molecule has 0 saturated carbocycles. The van der Waals surface area contributed by atoms with Crippen molar-refractivity contribution in [2.24, 2.45) is 5.92 Å². The van der Waals surface area contributed by atoms with Crippen molar-refractivity contribution in [2.75, 3.05) is 0 Å². The van der Waals surface area contributed by atoms with E-state index in [4.69, 9.17) is 14.7 Å². The van der Waals surface area contributed by atoms with Gasteiger partial charge < -0.3 is 19.4 Å². The van der Waals surface area contributed by atoms with Gasteiger partial charge in [0.1, 0.15) is 0 Å². The fraction of sp³-hybridized carbons (Fsp3) is 0.714. The van der Waals surface area contributed by atoms with Crippen LogP contribution < -0.4 is 0 Å². The molecule has 8 nitrogen and oxygen atoms in total. The highest BCUT2D eigenvalue weighted by molar-refractivity contribution is 7.60. The third kappa shape index (κ3) is 12.9. The molecule has 0 fully saturated rings. The molecule has 0 amide bonds. The molecule has 10 heteroatoms. The van der Waals surface area contributed by atoms with Crippen LogP contribution in [0, 0.1) is 5.92 Å². The summed E-state index contributed by atoms with van der Waals surface area (Å²) < 4.78 is 29.6. The van der Waals surface area contributed by atoms with Crippen LogP contribution in [0.1, 0.15) is 52.9 Å². The van der Waals surface area contributed by atoms with Crippen molar-refractivity contribution in [3.05, 3.63) is 24.0 Å². The molecule has 0 aromatic rings. The largest absolute Gasteiger partial charge is 0.535 e. The molecule has 0 heterocycles. The van der Waals surface area contributed by atoms with E-state index in [1.54, 1.807) is 6.92 Å². The molecule has 0 spiro atoms. The lowest BCUT2D eigenvalue weighted by atomic mass is 9.95. The molecular formula is C14H28O8P2. The smallest absolute Gasteiger partial charge is 0.412 e. The second kappa shape index (κ2) is 11.2. The highest BCUT2D eigenvalue weighted by atomic mass is 31.3. The summed E-state index contributed by atoms with van der Waals surface area (Å²) in [4.78, 5) is 26.0. The Labute approximate surface area is 143 Å². The Kier molecular flexibility index (Phi) is 11.0. The van der Waals surface area contributed by atoms with Crippen molar-refractivity contribution in [1.82, 2.24) is 0 Å². The lowest BCUT2D eigenvalue weighted by Gasteiger charge is -2.17. The average Bonchev–Trinajstić information content (AvgIpc) is 2.41. The van der Waals surface area contributed by atoms with Gasteiger partial charge in [0.2, 0.25) is 0 Å². The van der Waals surface area contributed by atoms with E-state index in [0.29, 0.717) is 0 Å². The molecule has 4 N–H and O–H groups in total. The lowest BCUT2D eigenvalue weighted by molar-refractivity contribution is 0.101. The minimum atomic E-state index is -5.11. The number of aliphatic hydroxyl groups is 1. The summed E-state index contributed by atoms with van der Waals surface area (Å²) in [5.41, 5.74) is 0.737. The summed E-state index contributed by atoms with van der Waals surface area (Å²) in [7, 11) is -9.95. The standard InChI is InChI=1S/C14H28O8P2/c1-4-5-9-14(15)13(3)8-6-7-12(2)10-11-21-24(19,20)22-23(16,17)18/h7,10-11,13-15H,4-6,8-9H2,1-3H3,(H,19,20)(H2,16,17,18)/b11-10+,12-7?. The second-order valence-corrected chi connectivity index (χ2v) is 8.44. The van der Waals surface area contributed by atoms with Crippen molar-refractivity contribution in [1.29, 1.82) is 0 Å². The Hall–Kier alpha value is -0.460. The van der Waals surface area contributed by atoms with Crippen molar-refractivity contribution in [2.45, 2.75) is 59.0 Å². The highest BCUT2D eigenvalue weighted by Gasteiger charge is 2.32. The molecule has 0 saturated heterocycles. The van der Waals surface area contributed by atoms with Crippen molar-refractivity contribution in [3.63, 3.8) is 0 Å². The summed E-state index contributed by atoms with van der Waals surface area (Å²) in [5, 5.41) is 9.95. The number of rotatable bonds is 12. The summed E-state index contributed by atoms with van der Waals surface area (Å²) in [6, 6.07) is 0. The zero-order valence-corrected chi connectivity index (χ0v) is 16.0. The molecule has 3 unspecified atom stereocenters. The van der Waals surface area contributed by atoms with Gasteiger partial charge in [-0.2, -0.15) is 4.31 Å². The van der Waals surface area contributed by atoms with E-state index < -0.39 is 15.6 Å². The molecule has 0 aliphatic heterocycles. The number of aliphatic hydroxyl groups excluding tert-OH is 1. The molecule has 0 aliphatic rings. The Morgan fingerprint density at radius 1 is 1.21 bits per heavy atom. The molecular weight excluding hydrogens is 358 g/mol. The minimum Gasteiger partial charge on any atom is -0.412 e. The van der Waals surface area contributed by atoms with Crippen molar-refractivity contribution in [3.8, 4) is 0 Å². The highest BCUT2D eigenvalue weighted by Crippen LogP contribution is 2.57. The van der Waals surface area contributed by atoms with Gasteiger partial charge in [-0.3, -0.25) is 4.89 Å². The molecule has 3 atom stereocenters. The fourth-order valence-corrected chi connectivity index (χ4v) is 3.34. The fourth-order valence-electron chi connectivity index (χ4n) is 1.90. The Bertz CT molecular complexity index is 511. The summed E-state index contributed by atoms with van der Waals surface area (Å²) in [5.74, 6) is 0.176. The van der Waals surface area contributed by atoms with Crippen LogP contribution in [0.3, 0.4) is 0 Å². The predicted octanol–water partition coefficient (Wildman–Crippen LogP) is 3.64. The number of phosphoric ester groups is 1. The van der Waals surface area contributed by atoms with Gasteiger partial charge in [-0.25, -0.2) is 9.13 Å². The molecule has 0 aromatic heterocycles. The van der Waals surface area contributed by atoms with Crippen LogP contribution in [0.15, 0.2) is 24.0 Å². The van der Waals surface area contributed by atoms with Crippen LogP contribution in [0.25, 0.3) is 0 Å². The number of hydrogen-bond acceptors (Lipinski definition) is 5. The number of hydrogen-bond donors (Lipinski definition) is 4. The first kappa shape index (κ1) is 23.5. The maximum atomic E-state index is 11.2. The number of phosphoric acid groups is 2. The lowest BCUT2D eigenvalue weighted by Crippen LogP contribution is -2.17. The first-order valence-electron chi connectivity index (χ1n) is 7.76. The molecule has 24 heavy (non-hydrogen) atoms. The van der Waals surface area contributed by atoms with Crippen LogP contribution in [0.5, 0.6) is 0 Å². The molecule has 0 aliphatic carbocycles. The van der Waals surface area contributed by atoms with Crippen molar-refractivity contribution >= 4 is 15.6 Å². The SMILES string of the molecule is CCCCC(O)C(C)CCC=C(C)/C=C/OP(=O)(O)OP(=O)(O)O. The number of allylic oxidation sites excluding steroid dienone is 3. The van der Waals surface area contributed by atoms with Crippen LogP contribution >= 0.6 is 15.6 Å². The second-order valence-electron chi connectivity index (χ2n) is 5.66. The van der Waals surface area contributed by atoms with Gasteiger partial charge in [-0.1, -0.05) is 38.3 Å². The van der Waals surface area contributed by atoms with Crippen LogP contribution in [0.2, 0.25) is 0 Å². The molecule has 0 rings (SSSR count). The predicted molar refractivity (Wildman–Crippen MR) is 90.9 cm³/mol. The van der Waals surface area contributed by atoms with E-state index in [2.05, 4.69) is 15.8 Å². The quantitative estimate of drug-likeness (QED) is 0.227. The normalized spacial score (nSPS) is 18.4. The third-order valence-corrected chi connectivity index (χ3v) is 5.40. The third-order valence-electron chi connectivity index (χ3n) is 3.33. The van der Waals surface area contributed by atoms with E-state index in [0.717, 1.165) is 43.9 Å². The first-order valence-corrected chi connectivity index (χ1v) is 10.8. The van der Waals surface area contributed by atoms with E-state index in [1.807, 2.05) is 13.0 Å². The van der Waals surface area contributed by atoms with Crippen LogP contribution in [0.4, 0.5) is 0 Å². The molecule has 0 radical (unpaired) electrons. The van der Waals surface area contributed by atoms with Crippen LogP contribution in [-0.2, 0) is 18.0 Å². The van der Waals surface area contributed by atoms with E-state index in [9.17, 15) is 14.2 Å². The van der Waals surface area contributed by atoms with E-state index >= 15 is 0 Å². The van der Waals surface area contributed by atoms with Gasteiger partial charge in [0.15, 0.2) is 0 Å². The maximum absolute atomic E-state index is 11.2. The van der Waals surface area contributed by atoms with Crippen molar-refractivity contribution < 1.29 is 37.8 Å². The minimum absolute atomic E-state index is 0.176. The zero-order chi connectivity index (χ0) is 18.8. The summed E-state index contributed by atoms with van der Waals surface area (Å²) >= 11 is 0. The summed E-state index contributed by atoms with van der Waals surface area (Å²) in [6.45, 7) is 5.81. The topological polar surface area (TPSA) is 134 Å². The molecule has 142 valence electrons. The van der Waals surface area contributed by atoms with Crippen LogP contribution in [-0.4, -0.2) is 25.9 Å².